The Balaban J connectivity index is 2.99. The molecule has 18 heavy (non-hydrogen) atoms. The summed E-state index contributed by atoms with van der Waals surface area (Å²) in [6.45, 7) is 6.15. The van der Waals surface area contributed by atoms with Crippen LogP contribution < -0.4 is 0 Å². The molecule has 0 bridgehead atoms. The lowest BCUT2D eigenvalue weighted by Gasteiger charge is -1.99. The van der Waals surface area contributed by atoms with E-state index in [-0.39, 0.29) is 0 Å². The first-order valence-electron chi connectivity index (χ1n) is 8.36. The van der Waals surface area contributed by atoms with Gasteiger partial charge in [0.1, 0.15) is 0 Å². The van der Waals surface area contributed by atoms with Gasteiger partial charge in [-0.3, -0.25) is 0 Å². The molecule has 0 atom stereocenters. The third-order valence-corrected chi connectivity index (χ3v) is 3.51. The van der Waals surface area contributed by atoms with E-state index in [2.05, 4.69) is 26.0 Å². The standard InChI is InChI=1S/C18H35/c1-3-5-7-9-11-13-15-17-18-16-14-12-10-8-6-4-2/h13,15H,1,3-12,14,16-18H2,2H3/b15-13-. The molecule has 0 aliphatic rings. The Morgan fingerprint density at radius 2 is 1.06 bits per heavy atom. The van der Waals surface area contributed by atoms with E-state index in [9.17, 15) is 0 Å². The quantitative estimate of drug-likeness (QED) is 0.234. The predicted octanol–water partition coefficient (Wildman–Crippen LogP) is 6.86. The van der Waals surface area contributed by atoms with Crippen LogP contribution in [0.25, 0.3) is 0 Å². The van der Waals surface area contributed by atoms with Crippen molar-refractivity contribution < 1.29 is 0 Å². The van der Waals surface area contributed by atoms with Gasteiger partial charge in [-0.05, 0) is 25.7 Å². The fourth-order valence-corrected chi connectivity index (χ4v) is 2.25. The molecule has 0 aromatic rings. The molecule has 1 radical (unpaired) electrons. The minimum absolute atomic E-state index is 1.10. The molecule has 0 spiro atoms. The Kier molecular flexibility index (Phi) is 16.5. The highest BCUT2D eigenvalue weighted by Crippen LogP contribution is 2.10. The number of unbranched alkanes of at least 4 members (excludes halogenated alkanes) is 12. The molecule has 0 unspecified atom stereocenters. The van der Waals surface area contributed by atoms with Gasteiger partial charge in [0.15, 0.2) is 0 Å². The second kappa shape index (κ2) is 16.7. The minimum atomic E-state index is 1.10. The van der Waals surface area contributed by atoms with Gasteiger partial charge in [-0.2, -0.15) is 0 Å². The van der Waals surface area contributed by atoms with Crippen molar-refractivity contribution in [2.75, 3.05) is 0 Å². The predicted molar refractivity (Wildman–Crippen MR) is 84.8 cm³/mol. The van der Waals surface area contributed by atoms with Crippen molar-refractivity contribution >= 4 is 0 Å². The molecule has 0 aromatic heterocycles. The van der Waals surface area contributed by atoms with Gasteiger partial charge in [0.25, 0.3) is 0 Å². The van der Waals surface area contributed by atoms with Gasteiger partial charge in [0.05, 0.1) is 0 Å². The molecule has 0 amide bonds. The summed E-state index contributed by atoms with van der Waals surface area (Å²) in [5, 5.41) is 0. The van der Waals surface area contributed by atoms with Crippen molar-refractivity contribution in [3.05, 3.63) is 19.1 Å². The average molecular weight is 251 g/mol. The summed E-state index contributed by atoms with van der Waals surface area (Å²) in [4.78, 5) is 0. The molecule has 107 valence electrons. The molecule has 0 saturated heterocycles. The van der Waals surface area contributed by atoms with Crippen molar-refractivity contribution in [2.24, 2.45) is 0 Å². The lowest BCUT2D eigenvalue weighted by molar-refractivity contribution is 0.577. The number of hydrogen-bond donors (Lipinski definition) is 0. The van der Waals surface area contributed by atoms with Gasteiger partial charge in [-0.1, -0.05) is 90.2 Å². The average Bonchev–Trinajstić information content (AvgIpc) is 2.39. The van der Waals surface area contributed by atoms with Crippen LogP contribution in [0.4, 0.5) is 0 Å². The maximum Gasteiger partial charge on any atom is -0.0351 e. The number of rotatable bonds is 14. The van der Waals surface area contributed by atoms with E-state index in [1.165, 1.54) is 83.5 Å². The second-order valence-corrected chi connectivity index (χ2v) is 5.44. The first-order valence-corrected chi connectivity index (χ1v) is 8.36. The topological polar surface area (TPSA) is 0 Å². The molecule has 0 heterocycles. The molecule has 0 rings (SSSR count). The van der Waals surface area contributed by atoms with E-state index in [0.29, 0.717) is 0 Å². The van der Waals surface area contributed by atoms with E-state index in [0.717, 1.165) is 6.42 Å². The summed E-state index contributed by atoms with van der Waals surface area (Å²) in [5.41, 5.74) is 0. The second-order valence-electron chi connectivity index (χ2n) is 5.44. The Labute approximate surface area is 116 Å². The Morgan fingerprint density at radius 1 is 0.611 bits per heavy atom. The lowest BCUT2D eigenvalue weighted by Crippen LogP contribution is -1.80. The van der Waals surface area contributed by atoms with Gasteiger partial charge < -0.3 is 0 Å². The SMILES string of the molecule is [CH2]CCCCC/C=C\CCCCCCCCCC. The van der Waals surface area contributed by atoms with Crippen LogP contribution in [0.15, 0.2) is 12.2 Å². The van der Waals surface area contributed by atoms with E-state index in [1.807, 2.05) is 0 Å². The number of allylic oxidation sites excluding steroid dienone is 2. The van der Waals surface area contributed by atoms with Crippen LogP contribution in [0.1, 0.15) is 96.8 Å². The Morgan fingerprint density at radius 3 is 1.56 bits per heavy atom. The maximum absolute atomic E-state index is 3.87. The third-order valence-electron chi connectivity index (χ3n) is 3.51. The lowest BCUT2D eigenvalue weighted by atomic mass is 10.1. The summed E-state index contributed by atoms with van der Waals surface area (Å²) in [5.74, 6) is 0. The van der Waals surface area contributed by atoms with Gasteiger partial charge in [-0.15, -0.1) is 0 Å². The van der Waals surface area contributed by atoms with Gasteiger partial charge in [0, 0.05) is 0 Å². The van der Waals surface area contributed by atoms with Crippen molar-refractivity contribution in [2.45, 2.75) is 96.8 Å². The molecule has 0 heteroatoms. The highest BCUT2D eigenvalue weighted by molar-refractivity contribution is 4.81. The molecule has 0 nitrogen and oxygen atoms in total. The fraction of sp³-hybridized carbons (Fsp3) is 0.833. The molecule has 0 N–H and O–H groups in total. The number of hydrogen-bond acceptors (Lipinski definition) is 0. The first kappa shape index (κ1) is 17.7. The Hall–Kier alpha value is -0.260. The fourth-order valence-electron chi connectivity index (χ4n) is 2.25. The van der Waals surface area contributed by atoms with Gasteiger partial charge in [-0.25, -0.2) is 0 Å². The summed E-state index contributed by atoms with van der Waals surface area (Å²) < 4.78 is 0. The van der Waals surface area contributed by atoms with Crippen LogP contribution >= 0.6 is 0 Å². The van der Waals surface area contributed by atoms with Crippen LogP contribution in [0.3, 0.4) is 0 Å². The first-order chi connectivity index (χ1) is 8.91. The summed E-state index contributed by atoms with van der Waals surface area (Å²) in [7, 11) is 0. The van der Waals surface area contributed by atoms with Gasteiger partial charge in [0.2, 0.25) is 0 Å². The zero-order chi connectivity index (χ0) is 13.3. The van der Waals surface area contributed by atoms with Crippen LogP contribution in [-0.4, -0.2) is 0 Å². The smallest absolute Gasteiger partial charge is 0.0351 e. The highest BCUT2D eigenvalue weighted by Gasteiger charge is 1.90. The maximum atomic E-state index is 3.87. The van der Waals surface area contributed by atoms with Crippen molar-refractivity contribution in [1.82, 2.24) is 0 Å². The minimum Gasteiger partial charge on any atom is -0.0885 e. The van der Waals surface area contributed by atoms with Crippen LogP contribution in [-0.2, 0) is 0 Å². The van der Waals surface area contributed by atoms with E-state index < -0.39 is 0 Å². The normalized spacial score (nSPS) is 11.4. The monoisotopic (exact) mass is 251 g/mol. The third kappa shape index (κ3) is 15.7. The highest BCUT2D eigenvalue weighted by atomic mass is 14.0. The largest absolute Gasteiger partial charge is 0.0885 e. The summed E-state index contributed by atoms with van der Waals surface area (Å²) in [6, 6.07) is 0. The summed E-state index contributed by atoms with van der Waals surface area (Å²) in [6.07, 6.45) is 23.9. The molecule has 0 aliphatic carbocycles. The molecule has 0 aliphatic heterocycles. The van der Waals surface area contributed by atoms with E-state index in [4.69, 9.17) is 0 Å². The zero-order valence-electron chi connectivity index (χ0n) is 12.8. The molecule has 0 saturated carbocycles. The molecular formula is C18H35. The van der Waals surface area contributed by atoms with Crippen LogP contribution in [0, 0.1) is 6.92 Å². The van der Waals surface area contributed by atoms with E-state index >= 15 is 0 Å². The van der Waals surface area contributed by atoms with Gasteiger partial charge >= 0.3 is 0 Å². The zero-order valence-corrected chi connectivity index (χ0v) is 12.8. The molecule has 0 aromatic carbocycles. The molecular weight excluding hydrogens is 216 g/mol. The van der Waals surface area contributed by atoms with Crippen molar-refractivity contribution in [3.63, 3.8) is 0 Å². The van der Waals surface area contributed by atoms with Crippen LogP contribution in [0.5, 0.6) is 0 Å². The van der Waals surface area contributed by atoms with Crippen LogP contribution in [0.2, 0.25) is 0 Å². The Bertz CT molecular complexity index is 157. The summed E-state index contributed by atoms with van der Waals surface area (Å²) >= 11 is 0. The van der Waals surface area contributed by atoms with E-state index in [1.54, 1.807) is 0 Å². The molecule has 0 fully saturated rings. The van der Waals surface area contributed by atoms with Crippen molar-refractivity contribution in [3.8, 4) is 0 Å². The van der Waals surface area contributed by atoms with Crippen molar-refractivity contribution in [1.29, 1.82) is 0 Å².